The molecule has 1 fully saturated rings. The van der Waals surface area contributed by atoms with E-state index in [-0.39, 0.29) is 5.91 Å². The Morgan fingerprint density at radius 1 is 1.10 bits per heavy atom. The number of rotatable bonds is 6. The van der Waals surface area contributed by atoms with Crippen LogP contribution in [-0.2, 0) is 21.4 Å². The zero-order valence-corrected chi connectivity index (χ0v) is 19.0. The SMILES string of the molecule is C[C@@H](C(=O)NCc1ccccc1Cl)n1ccc2cc(S(=O)(=O)N3CCCCC3)ccc21. The number of nitrogens with zero attached hydrogens (tertiary/aromatic N) is 2. The van der Waals surface area contributed by atoms with Gasteiger partial charge >= 0.3 is 0 Å². The van der Waals surface area contributed by atoms with Crippen LogP contribution in [0.2, 0.25) is 5.02 Å². The van der Waals surface area contributed by atoms with Crippen molar-refractivity contribution in [2.45, 2.75) is 43.7 Å². The minimum atomic E-state index is -3.49. The van der Waals surface area contributed by atoms with Crippen molar-refractivity contribution >= 4 is 38.4 Å². The molecular formula is C23H26ClN3O3S. The zero-order chi connectivity index (χ0) is 22.0. The molecule has 0 bridgehead atoms. The summed E-state index contributed by atoms with van der Waals surface area (Å²) in [6.07, 6.45) is 4.70. The molecule has 1 N–H and O–H groups in total. The van der Waals surface area contributed by atoms with Gasteiger partial charge in [0.25, 0.3) is 0 Å². The molecule has 0 radical (unpaired) electrons. The van der Waals surface area contributed by atoms with Crippen molar-refractivity contribution in [2.24, 2.45) is 0 Å². The van der Waals surface area contributed by atoms with Crippen molar-refractivity contribution in [3.8, 4) is 0 Å². The van der Waals surface area contributed by atoms with E-state index in [1.165, 1.54) is 0 Å². The minimum Gasteiger partial charge on any atom is -0.350 e. The van der Waals surface area contributed by atoms with Crippen molar-refractivity contribution in [1.82, 2.24) is 14.2 Å². The van der Waals surface area contributed by atoms with Gasteiger partial charge in [0.1, 0.15) is 6.04 Å². The van der Waals surface area contributed by atoms with Gasteiger partial charge in [-0.2, -0.15) is 4.31 Å². The molecule has 164 valence electrons. The molecule has 31 heavy (non-hydrogen) atoms. The van der Waals surface area contributed by atoms with Crippen molar-refractivity contribution in [3.63, 3.8) is 0 Å². The van der Waals surface area contributed by atoms with E-state index in [0.29, 0.717) is 29.6 Å². The topological polar surface area (TPSA) is 71.4 Å². The molecule has 1 atom stereocenters. The molecule has 1 saturated heterocycles. The number of hydrogen-bond donors (Lipinski definition) is 1. The largest absolute Gasteiger partial charge is 0.350 e. The Morgan fingerprint density at radius 2 is 1.84 bits per heavy atom. The number of halogens is 1. The Labute approximate surface area is 187 Å². The third-order valence-electron chi connectivity index (χ3n) is 5.85. The van der Waals surface area contributed by atoms with Gasteiger partial charge in [-0.25, -0.2) is 8.42 Å². The Balaban J connectivity index is 1.52. The van der Waals surface area contributed by atoms with Gasteiger partial charge in [0.05, 0.1) is 4.90 Å². The number of piperidine rings is 1. The summed E-state index contributed by atoms with van der Waals surface area (Å²) in [6, 6.07) is 13.9. The van der Waals surface area contributed by atoms with Crippen LogP contribution in [-0.4, -0.2) is 36.3 Å². The number of amides is 1. The van der Waals surface area contributed by atoms with Crippen LogP contribution < -0.4 is 5.32 Å². The molecule has 0 unspecified atom stereocenters. The van der Waals surface area contributed by atoms with Crippen molar-refractivity contribution in [1.29, 1.82) is 0 Å². The molecule has 2 aromatic carbocycles. The van der Waals surface area contributed by atoms with Crippen LogP contribution in [0, 0.1) is 0 Å². The Bertz CT molecular complexity index is 1200. The van der Waals surface area contributed by atoms with Crippen LogP contribution in [0.5, 0.6) is 0 Å². The number of hydrogen-bond acceptors (Lipinski definition) is 3. The number of aromatic nitrogens is 1. The molecule has 2 heterocycles. The van der Waals surface area contributed by atoms with E-state index in [1.54, 1.807) is 28.6 Å². The van der Waals surface area contributed by atoms with Gasteiger partial charge in [0.2, 0.25) is 15.9 Å². The monoisotopic (exact) mass is 459 g/mol. The number of nitrogens with one attached hydrogen (secondary N) is 1. The number of sulfonamides is 1. The maximum absolute atomic E-state index is 13.0. The first-order valence-corrected chi connectivity index (χ1v) is 12.3. The predicted molar refractivity (Wildman–Crippen MR) is 123 cm³/mol. The molecule has 1 aromatic heterocycles. The second kappa shape index (κ2) is 9.02. The second-order valence-electron chi connectivity index (χ2n) is 7.89. The smallest absolute Gasteiger partial charge is 0.243 e. The number of carbonyl (C=O) groups excluding carboxylic acids is 1. The number of carbonyl (C=O) groups is 1. The second-order valence-corrected chi connectivity index (χ2v) is 10.2. The van der Waals surface area contributed by atoms with Gasteiger partial charge in [0.15, 0.2) is 0 Å². The first-order valence-electron chi connectivity index (χ1n) is 10.5. The van der Waals surface area contributed by atoms with E-state index < -0.39 is 16.1 Å². The molecule has 8 heteroatoms. The first-order chi connectivity index (χ1) is 14.9. The lowest BCUT2D eigenvalue weighted by Gasteiger charge is -2.26. The Kier molecular flexibility index (Phi) is 6.36. The van der Waals surface area contributed by atoms with Gasteiger partial charge in [-0.3, -0.25) is 4.79 Å². The van der Waals surface area contributed by atoms with E-state index >= 15 is 0 Å². The van der Waals surface area contributed by atoms with E-state index in [4.69, 9.17) is 11.6 Å². The summed E-state index contributed by atoms with van der Waals surface area (Å²) in [5.41, 5.74) is 1.67. The fraction of sp³-hybridized carbons (Fsp3) is 0.348. The van der Waals surface area contributed by atoms with E-state index in [1.807, 2.05) is 42.0 Å². The van der Waals surface area contributed by atoms with Crippen LogP contribution in [0.4, 0.5) is 0 Å². The van der Waals surface area contributed by atoms with Gasteiger partial charge in [-0.1, -0.05) is 36.2 Å². The van der Waals surface area contributed by atoms with Gasteiger partial charge in [-0.05, 0) is 55.7 Å². The van der Waals surface area contributed by atoms with E-state index in [9.17, 15) is 13.2 Å². The molecule has 1 aliphatic heterocycles. The third kappa shape index (κ3) is 4.49. The third-order valence-corrected chi connectivity index (χ3v) is 8.12. The highest BCUT2D eigenvalue weighted by Gasteiger charge is 2.26. The summed E-state index contributed by atoms with van der Waals surface area (Å²) in [5, 5.41) is 4.33. The number of fused-ring (bicyclic) bond motifs is 1. The fourth-order valence-corrected chi connectivity index (χ4v) is 5.75. The maximum Gasteiger partial charge on any atom is 0.243 e. The lowest BCUT2D eigenvalue weighted by molar-refractivity contribution is -0.123. The first kappa shape index (κ1) is 21.9. The summed E-state index contributed by atoms with van der Waals surface area (Å²) < 4.78 is 29.4. The summed E-state index contributed by atoms with van der Waals surface area (Å²) >= 11 is 6.16. The molecular weight excluding hydrogens is 434 g/mol. The van der Waals surface area contributed by atoms with Gasteiger partial charge in [-0.15, -0.1) is 0 Å². The Hall–Kier alpha value is -2.35. The van der Waals surface area contributed by atoms with Crippen molar-refractivity contribution in [2.75, 3.05) is 13.1 Å². The van der Waals surface area contributed by atoms with Crippen LogP contribution in [0.25, 0.3) is 10.9 Å². The van der Waals surface area contributed by atoms with E-state index in [0.717, 1.165) is 35.7 Å². The average molecular weight is 460 g/mol. The highest BCUT2D eigenvalue weighted by atomic mass is 35.5. The fourth-order valence-electron chi connectivity index (χ4n) is 3.99. The summed E-state index contributed by atoms with van der Waals surface area (Å²) in [7, 11) is -3.49. The summed E-state index contributed by atoms with van der Waals surface area (Å²) in [5.74, 6) is -0.137. The highest BCUT2D eigenvalue weighted by Crippen LogP contribution is 2.27. The van der Waals surface area contributed by atoms with Crippen LogP contribution in [0.3, 0.4) is 0 Å². The molecule has 1 amide bonds. The minimum absolute atomic E-state index is 0.137. The summed E-state index contributed by atoms with van der Waals surface area (Å²) in [4.78, 5) is 13.0. The molecule has 6 nitrogen and oxygen atoms in total. The molecule has 4 rings (SSSR count). The normalized spacial score (nSPS) is 16.3. The highest BCUT2D eigenvalue weighted by molar-refractivity contribution is 7.89. The molecule has 1 aliphatic rings. The lowest BCUT2D eigenvalue weighted by atomic mass is 10.2. The number of benzene rings is 2. The quantitative estimate of drug-likeness (QED) is 0.595. The molecule has 0 aliphatic carbocycles. The predicted octanol–water partition coefficient (Wildman–Crippen LogP) is 4.35. The molecule has 3 aromatic rings. The van der Waals surface area contributed by atoms with Gasteiger partial charge < -0.3 is 9.88 Å². The standard InChI is InChI=1S/C23H26ClN3O3S/c1-17(23(28)25-16-19-7-3-4-8-21(19)24)27-14-11-18-15-20(9-10-22(18)27)31(29,30)26-12-5-2-6-13-26/h3-4,7-11,14-15,17H,2,5-6,12-13,16H2,1H3,(H,25,28)/t17-/m0/s1. The lowest BCUT2D eigenvalue weighted by Crippen LogP contribution is -2.35. The van der Waals surface area contributed by atoms with Crippen LogP contribution in [0.15, 0.2) is 59.6 Å². The molecule has 0 spiro atoms. The van der Waals surface area contributed by atoms with Crippen molar-refractivity contribution < 1.29 is 13.2 Å². The maximum atomic E-state index is 13.0. The summed E-state index contributed by atoms with van der Waals surface area (Å²) in [6.45, 7) is 3.31. The van der Waals surface area contributed by atoms with Crippen molar-refractivity contribution in [3.05, 3.63) is 65.3 Å². The van der Waals surface area contributed by atoms with E-state index in [2.05, 4.69) is 5.32 Å². The van der Waals surface area contributed by atoms with Crippen LogP contribution in [0.1, 0.15) is 37.8 Å². The van der Waals surface area contributed by atoms with Gasteiger partial charge in [0, 0.05) is 41.8 Å². The molecule has 0 saturated carbocycles. The van der Waals surface area contributed by atoms with Crippen LogP contribution >= 0.6 is 11.6 Å². The zero-order valence-electron chi connectivity index (χ0n) is 17.4. The Morgan fingerprint density at radius 3 is 2.58 bits per heavy atom. The average Bonchev–Trinajstić information content (AvgIpc) is 3.21.